The fourth-order valence-corrected chi connectivity index (χ4v) is 2.95. The molecule has 138 valence electrons. The Morgan fingerprint density at radius 3 is 2.85 bits per heavy atom. The molecular weight excluding hydrogens is 348 g/mol. The number of amides is 2. The minimum Gasteiger partial charge on any atom is -0.355 e. The highest BCUT2D eigenvalue weighted by atomic mass is 16.5. The van der Waals surface area contributed by atoms with Crippen molar-refractivity contribution in [2.24, 2.45) is 0 Å². The standard InChI is InChI=1S/C18H18N6O3/c25-17(19-10-16-22-21-15-7-4-8-24(15)16)11-20-18(26)13-9-14(27-23-13)12-5-2-1-3-6-12/h1-3,5-6,9H,4,7-8,10-11H2,(H,19,25)(H,20,26). The van der Waals surface area contributed by atoms with Crippen LogP contribution in [0.1, 0.15) is 28.6 Å². The molecule has 0 fully saturated rings. The SMILES string of the molecule is O=C(CNC(=O)c1cc(-c2ccccc2)on1)NCc1nnc2n1CCC2. The van der Waals surface area contributed by atoms with Gasteiger partial charge in [-0.05, 0) is 6.42 Å². The number of fused-ring (bicyclic) bond motifs is 1. The van der Waals surface area contributed by atoms with E-state index >= 15 is 0 Å². The smallest absolute Gasteiger partial charge is 0.273 e. The molecule has 0 bridgehead atoms. The lowest BCUT2D eigenvalue weighted by Crippen LogP contribution is -2.37. The van der Waals surface area contributed by atoms with E-state index in [-0.39, 0.29) is 24.7 Å². The highest BCUT2D eigenvalue weighted by Crippen LogP contribution is 2.19. The second-order valence-corrected chi connectivity index (χ2v) is 6.19. The number of nitrogens with zero attached hydrogens (tertiary/aromatic N) is 4. The van der Waals surface area contributed by atoms with Crippen molar-refractivity contribution >= 4 is 11.8 Å². The Morgan fingerprint density at radius 1 is 1.15 bits per heavy atom. The molecule has 27 heavy (non-hydrogen) atoms. The highest BCUT2D eigenvalue weighted by Gasteiger charge is 2.18. The highest BCUT2D eigenvalue weighted by molar-refractivity contribution is 5.95. The monoisotopic (exact) mass is 366 g/mol. The first-order valence-electron chi connectivity index (χ1n) is 8.69. The van der Waals surface area contributed by atoms with Gasteiger partial charge in [-0.3, -0.25) is 9.59 Å². The molecule has 0 saturated heterocycles. The number of hydrogen-bond acceptors (Lipinski definition) is 6. The van der Waals surface area contributed by atoms with Gasteiger partial charge in [-0.25, -0.2) is 0 Å². The Kier molecular flexibility index (Phi) is 4.65. The van der Waals surface area contributed by atoms with Crippen molar-refractivity contribution in [3.05, 3.63) is 53.7 Å². The van der Waals surface area contributed by atoms with Crippen LogP contribution in [-0.2, 0) is 24.3 Å². The van der Waals surface area contributed by atoms with E-state index in [1.165, 1.54) is 0 Å². The van der Waals surface area contributed by atoms with E-state index in [0.717, 1.165) is 36.6 Å². The Balaban J connectivity index is 1.27. The van der Waals surface area contributed by atoms with Gasteiger partial charge in [0.05, 0.1) is 13.1 Å². The van der Waals surface area contributed by atoms with E-state index in [0.29, 0.717) is 5.76 Å². The molecule has 2 amide bonds. The second-order valence-electron chi connectivity index (χ2n) is 6.19. The van der Waals surface area contributed by atoms with Crippen LogP contribution in [-0.4, -0.2) is 38.3 Å². The summed E-state index contributed by atoms with van der Waals surface area (Å²) in [5, 5.41) is 17.2. The maximum Gasteiger partial charge on any atom is 0.273 e. The molecule has 9 heteroatoms. The molecule has 2 N–H and O–H groups in total. The molecular formula is C18H18N6O3. The van der Waals surface area contributed by atoms with Crippen LogP contribution in [0, 0.1) is 0 Å². The van der Waals surface area contributed by atoms with Gasteiger partial charge in [0.25, 0.3) is 5.91 Å². The van der Waals surface area contributed by atoms with Crippen LogP contribution in [0.5, 0.6) is 0 Å². The zero-order valence-corrected chi connectivity index (χ0v) is 14.5. The molecule has 3 heterocycles. The number of nitrogens with one attached hydrogen (secondary N) is 2. The molecule has 0 radical (unpaired) electrons. The van der Waals surface area contributed by atoms with Crippen molar-refractivity contribution in [3.8, 4) is 11.3 Å². The average molecular weight is 366 g/mol. The zero-order chi connectivity index (χ0) is 18.6. The van der Waals surface area contributed by atoms with Gasteiger partial charge in [-0.15, -0.1) is 10.2 Å². The van der Waals surface area contributed by atoms with Gasteiger partial charge in [-0.2, -0.15) is 0 Å². The summed E-state index contributed by atoms with van der Waals surface area (Å²) in [7, 11) is 0. The summed E-state index contributed by atoms with van der Waals surface area (Å²) in [4.78, 5) is 24.1. The van der Waals surface area contributed by atoms with E-state index in [1.807, 2.05) is 34.9 Å². The lowest BCUT2D eigenvalue weighted by Gasteiger charge is -2.06. The van der Waals surface area contributed by atoms with E-state index in [9.17, 15) is 9.59 Å². The van der Waals surface area contributed by atoms with Crippen molar-refractivity contribution in [2.45, 2.75) is 25.9 Å². The van der Waals surface area contributed by atoms with Crippen molar-refractivity contribution in [3.63, 3.8) is 0 Å². The van der Waals surface area contributed by atoms with Crippen LogP contribution < -0.4 is 10.6 Å². The summed E-state index contributed by atoms with van der Waals surface area (Å²) in [6.07, 6.45) is 1.96. The number of aromatic nitrogens is 4. The average Bonchev–Trinajstić information content (AvgIpc) is 3.42. The lowest BCUT2D eigenvalue weighted by molar-refractivity contribution is -0.120. The lowest BCUT2D eigenvalue weighted by atomic mass is 10.1. The minimum absolute atomic E-state index is 0.122. The van der Waals surface area contributed by atoms with Crippen LogP contribution in [0.25, 0.3) is 11.3 Å². The molecule has 0 atom stereocenters. The number of aryl methyl sites for hydroxylation is 1. The molecule has 4 rings (SSSR count). The molecule has 2 aromatic heterocycles. The number of carbonyl (C=O) groups is 2. The van der Waals surface area contributed by atoms with Crippen molar-refractivity contribution in [1.82, 2.24) is 30.6 Å². The molecule has 0 aliphatic carbocycles. The predicted molar refractivity (Wildman–Crippen MR) is 94.5 cm³/mol. The Hall–Kier alpha value is -3.49. The molecule has 9 nitrogen and oxygen atoms in total. The third kappa shape index (κ3) is 3.71. The molecule has 0 spiro atoms. The van der Waals surface area contributed by atoms with Crippen LogP contribution in [0.15, 0.2) is 40.9 Å². The topological polar surface area (TPSA) is 115 Å². The third-order valence-corrected chi connectivity index (χ3v) is 4.34. The minimum atomic E-state index is -0.473. The first-order chi connectivity index (χ1) is 13.2. The van der Waals surface area contributed by atoms with Gasteiger partial charge in [0, 0.05) is 24.6 Å². The first-order valence-corrected chi connectivity index (χ1v) is 8.69. The number of carbonyl (C=O) groups excluding carboxylic acids is 2. The molecule has 1 aliphatic rings. The third-order valence-electron chi connectivity index (χ3n) is 4.34. The van der Waals surface area contributed by atoms with Gasteiger partial charge in [0.2, 0.25) is 5.91 Å². The van der Waals surface area contributed by atoms with Gasteiger partial charge in [-0.1, -0.05) is 35.5 Å². The summed E-state index contributed by atoms with van der Waals surface area (Å²) in [6, 6.07) is 10.9. The Morgan fingerprint density at radius 2 is 2.00 bits per heavy atom. The Labute approximate surface area is 154 Å². The number of rotatable bonds is 6. The number of benzene rings is 1. The molecule has 0 unspecified atom stereocenters. The van der Waals surface area contributed by atoms with E-state index in [1.54, 1.807) is 6.07 Å². The summed E-state index contributed by atoms with van der Waals surface area (Å²) in [6.45, 7) is 0.997. The van der Waals surface area contributed by atoms with E-state index in [4.69, 9.17) is 4.52 Å². The molecule has 0 saturated carbocycles. The van der Waals surface area contributed by atoms with E-state index < -0.39 is 5.91 Å². The van der Waals surface area contributed by atoms with Crippen molar-refractivity contribution in [2.75, 3.05) is 6.54 Å². The van der Waals surface area contributed by atoms with Crippen LogP contribution in [0.2, 0.25) is 0 Å². The normalized spacial score (nSPS) is 12.6. The van der Waals surface area contributed by atoms with Gasteiger partial charge in [0.1, 0.15) is 5.82 Å². The maximum atomic E-state index is 12.1. The quantitative estimate of drug-likeness (QED) is 0.670. The fourth-order valence-electron chi connectivity index (χ4n) is 2.95. The van der Waals surface area contributed by atoms with Crippen LogP contribution in [0.4, 0.5) is 0 Å². The Bertz CT molecular complexity index is 963. The van der Waals surface area contributed by atoms with Gasteiger partial charge in [0.15, 0.2) is 17.3 Å². The second kappa shape index (κ2) is 7.40. The summed E-state index contributed by atoms with van der Waals surface area (Å²) >= 11 is 0. The zero-order valence-electron chi connectivity index (χ0n) is 14.5. The first kappa shape index (κ1) is 17.0. The maximum absolute atomic E-state index is 12.1. The largest absolute Gasteiger partial charge is 0.355 e. The fraction of sp³-hybridized carbons (Fsp3) is 0.278. The predicted octanol–water partition coefficient (Wildman–Crippen LogP) is 0.925. The van der Waals surface area contributed by atoms with Gasteiger partial charge >= 0.3 is 0 Å². The number of hydrogen-bond donors (Lipinski definition) is 2. The summed E-state index contributed by atoms with van der Waals surface area (Å²) < 4.78 is 7.20. The van der Waals surface area contributed by atoms with Gasteiger partial charge < -0.3 is 19.7 Å². The summed E-state index contributed by atoms with van der Waals surface area (Å²) in [5.41, 5.74) is 0.944. The van der Waals surface area contributed by atoms with Crippen molar-refractivity contribution < 1.29 is 14.1 Å². The van der Waals surface area contributed by atoms with Crippen LogP contribution >= 0.6 is 0 Å². The van der Waals surface area contributed by atoms with E-state index in [2.05, 4.69) is 26.0 Å². The van der Waals surface area contributed by atoms with Crippen molar-refractivity contribution in [1.29, 1.82) is 0 Å². The molecule has 1 aromatic carbocycles. The molecule has 1 aliphatic heterocycles. The summed E-state index contributed by atoms with van der Waals surface area (Å²) in [5.74, 6) is 1.38. The molecule has 3 aromatic rings. The van der Waals surface area contributed by atoms with Crippen LogP contribution in [0.3, 0.4) is 0 Å².